The van der Waals surface area contributed by atoms with Gasteiger partial charge >= 0.3 is 0 Å². The highest BCUT2D eigenvalue weighted by atomic mass is 16.5. The molecule has 0 bridgehead atoms. The topological polar surface area (TPSA) is 33.5 Å². The second-order valence-electron chi connectivity index (χ2n) is 22.4. The van der Waals surface area contributed by atoms with E-state index in [0.29, 0.717) is 6.67 Å². The minimum Gasteiger partial charge on any atom is -0.457 e. The van der Waals surface area contributed by atoms with E-state index in [-0.39, 0.29) is 21.7 Å². The first-order valence-corrected chi connectivity index (χ1v) is 24.5. The van der Waals surface area contributed by atoms with E-state index in [0.717, 1.165) is 39.4 Å². The highest BCUT2D eigenvalue weighted by molar-refractivity contribution is 6.10. The van der Waals surface area contributed by atoms with Crippen molar-refractivity contribution < 1.29 is 4.74 Å². The largest absolute Gasteiger partial charge is 0.457 e. The van der Waals surface area contributed by atoms with Gasteiger partial charge in [0.25, 0.3) is 0 Å². The monoisotopic (exact) mass is 907 g/mol. The summed E-state index contributed by atoms with van der Waals surface area (Å²) in [6.07, 6.45) is 1.96. The summed E-state index contributed by atoms with van der Waals surface area (Å²) in [5.41, 5.74) is 16.3. The number of benzene rings is 7. The van der Waals surface area contributed by atoms with E-state index in [1.807, 2.05) is 6.20 Å². The fourth-order valence-corrected chi connectivity index (χ4v) is 10.1. The van der Waals surface area contributed by atoms with Gasteiger partial charge in [0.2, 0.25) is 0 Å². The molecule has 0 unspecified atom stereocenters. The van der Waals surface area contributed by atoms with Crippen molar-refractivity contribution in [1.29, 1.82) is 0 Å². The number of fused-ring (bicyclic) bond motifs is 4. The van der Waals surface area contributed by atoms with Crippen molar-refractivity contribution in [3.63, 3.8) is 0 Å². The fraction of sp³-hybridized carbons (Fsp3) is 0.266. The number of rotatable bonds is 9. The zero-order valence-electron chi connectivity index (χ0n) is 42.6. The SMILES string of the molecule is Cc1cc2c(cc1C)N(c1cc(Oc3ccc4c5cc(C(C)(C)C)ccc5n(-c5cc(C(C)(C)c6ccccc6)ccn5)c4c3)cc(C(C)(C)c3ccccc3)c1)CN2c1cccc(C(C)(C)C)c1. The summed E-state index contributed by atoms with van der Waals surface area (Å²) >= 11 is 0. The van der Waals surface area contributed by atoms with Crippen LogP contribution in [0, 0.1) is 13.8 Å². The fourth-order valence-electron chi connectivity index (χ4n) is 10.1. The van der Waals surface area contributed by atoms with Gasteiger partial charge in [-0.1, -0.05) is 148 Å². The summed E-state index contributed by atoms with van der Waals surface area (Å²) in [4.78, 5) is 10.0. The van der Waals surface area contributed by atoms with Crippen molar-refractivity contribution >= 4 is 44.6 Å². The molecule has 10 rings (SSSR count). The molecule has 1 aliphatic heterocycles. The van der Waals surface area contributed by atoms with Crippen LogP contribution in [0.25, 0.3) is 27.6 Å². The molecule has 7 aromatic carbocycles. The lowest BCUT2D eigenvalue weighted by Gasteiger charge is -2.29. The van der Waals surface area contributed by atoms with Crippen molar-refractivity contribution in [2.75, 3.05) is 16.5 Å². The van der Waals surface area contributed by atoms with E-state index in [1.54, 1.807) is 0 Å². The molecule has 0 radical (unpaired) electrons. The molecule has 0 atom stereocenters. The summed E-state index contributed by atoms with van der Waals surface area (Å²) in [7, 11) is 0. The van der Waals surface area contributed by atoms with Crippen LogP contribution in [0.4, 0.5) is 22.7 Å². The Morgan fingerprint density at radius 2 is 1.00 bits per heavy atom. The molecule has 5 nitrogen and oxygen atoms in total. The molecule has 2 aromatic heterocycles. The summed E-state index contributed by atoms with van der Waals surface area (Å²) in [5.74, 6) is 2.42. The first kappa shape index (κ1) is 45.7. The number of nitrogens with zero attached hydrogens (tertiary/aromatic N) is 4. The second kappa shape index (κ2) is 16.8. The Bertz CT molecular complexity index is 3380. The Kier molecular flexibility index (Phi) is 11.1. The van der Waals surface area contributed by atoms with Crippen LogP contribution < -0.4 is 14.5 Å². The molecule has 348 valence electrons. The first-order chi connectivity index (χ1) is 32.8. The van der Waals surface area contributed by atoms with Crippen LogP contribution in [0.3, 0.4) is 0 Å². The summed E-state index contributed by atoms with van der Waals surface area (Å²) in [5, 5.41) is 2.36. The lowest BCUT2D eigenvalue weighted by Crippen LogP contribution is -2.25. The van der Waals surface area contributed by atoms with Gasteiger partial charge < -0.3 is 14.5 Å². The van der Waals surface area contributed by atoms with Crippen LogP contribution >= 0.6 is 0 Å². The number of aryl methyl sites for hydroxylation is 2. The third-order valence-electron chi connectivity index (χ3n) is 14.9. The highest BCUT2D eigenvalue weighted by Crippen LogP contribution is 2.49. The maximum atomic E-state index is 7.18. The molecule has 0 aliphatic carbocycles. The minimum atomic E-state index is -0.326. The van der Waals surface area contributed by atoms with Crippen molar-refractivity contribution in [3.05, 3.63) is 214 Å². The summed E-state index contributed by atoms with van der Waals surface area (Å²) in [6, 6.07) is 60.1. The second-order valence-corrected chi connectivity index (χ2v) is 22.4. The molecule has 0 saturated carbocycles. The van der Waals surface area contributed by atoms with Gasteiger partial charge in [-0.2, -0.15) is 0 Å². The van der Waals surface area contributed by atoms with Gasteiger partial charge in [-0.3, -0.25) is 4.57 Å². The van der Waals surface area contributed by atoms with Gasteiger partial charge in [0.1, 0.15) is 24.0 Å². The Morgan fingerprint density at radius 3 is 1.64 bits per heavy atom. The normalized spacial score (nSPS) is 13.4. The Morgan fingerprint density at radius 1 is 0.420 bits per heavy atom. The maximum absolute atomic E-state index is 7.18. The van der Waals surface area contributed by atoms with Gasteiger partial charge in [0.15, 0.2) is 0 Å². The molecular weight excluding hydrogens is 841 g/mol. The molecule has 1 aliphatic rings. The molecule has 0 amide bonds. The number of hydrogen-bond donors (Lipinski definition) is 0. The van der Waals surface area contributed by atoms with E-state index in [2.05, 4.69) is 261 Å². The van der Waals surface area contributed by atoms with E-state index in [9.17, 15) is 0 Å². The van der Waals surface area contributed by atoms with Crippen molar-refractivity contribution in [2.45, 2.75) is 105 Å². The van der Waals surface area contributed by atoms with Crippen molar-refractivity contribution in [2.24, 2.45) is 0 Å². The molecule has 0 fully saturated rings. The van der Waals surface area contributed by atoms with Crippen molar-refractivity contribution in [3.8, 4) is 17.3 Å². The van der Waals surface area contributed by atoms with Gasteiger partial charge in [0, 0.05) is 51.3 Å². The number of anilines is 4. The highest BCUT2D eigenvalue weighted by Gasteiger charge is 2.33. The Labute approximate surface area is 410 Å². The first-order valence-electron chi connectivity index (χ1n) is 24.5. The van der Waals surface area contributed by atoms with Gasteiger partial charge in [-0.25, -0.2) is 4.98 Å². The van der Waals surface area contributed by atoms with E-state index in [4.69, 9.17) is 9.72 Å². The van der Waals surface area contributed by atoms with Crippen LogP contribution in [-0.4, -0.2) is 16.2 Å². The van der Waals surface area contributed by atoms with Crippen LogP contribution in [0.2, 0.25) is 0 Å². The quantitative estimate of drug-likeness (QED) is 0.144. The predicted molar refractivity (Wildman–Crippen MR) is 291 cm³/mol. The standard InChI is InChI=1S/C64H66N4O/c1-42-32-58-59(33-43(42)2)67(41-66(58)50-25-19-24-46(34-50)61(3,4)5)51-35-49(64(11,12)45-22-17-14-18-23-45)36-53(39-51)69-52-27-28-54-55-37-47(62(6,7)8)26-29-56(55)68(57(54)40-52)60-38-48(30-31-65-60)63(9,10)44-20-15-13-16-21-44/h13-40H,41H2,1-12H3. The summed E-state index contributed by atoms with van der Waals surface area (Å²) in [6.45, 7) is 28.0. The molecule has 3 heterocycles. The average molecular weight is 907 g/mol. The maximum Gasteiger partial charge on any atom is 0.137 e. The Hall–Kier alpha value is -7.11. The van der Waals surface area contributed by atoms with Crippen LogP contribution in [0.5, 0.6) is 11.5 Å². The molecular formula is C64H66N4O. The number of ether oxygens (including phenoxy) is 1. The van der Waals surface area contributed by atoms with Gasteiger partial charge in [0.05, 0.1) is 22.4 Å². The number of aromatic nitrogens is 2. The third-order valence-corrected chi connectivity index (χ3v) is 14.9. The molecule has 0 spiro atoms. The lowest BCUT2D eigenvalue weighted by atomic mass is 9.78. The smallest absolute Gasteiger partial charge is 0.137 e. The molecule has 0 saturated heterocycles. The number of pyridine rings is 1. The zero-order chi connectivity index (χ0) is 48.6. The number of hydrogen-bond acceptors (Lipinski definition) is 4. The van der Waals surface area contributed by atoms with E-state index in [1.165, 1.54) is 67.0 Å². The van der Waals surface area contributed by atoms with E-state index >= 15 is 0 Å². The van der Waals surface area contributed by atoms with Gasteiger partial charge in [-0.05, 0) is 142 Å². The van der Waals surface area contributed by atoms with Crippen LogP contribution in [0.1, 0.15) is 114 Å². The molecule has 0 N–H and O–H groups in total. The minimum absolute atomic E-state index is 0.0132. The Balaban J connectivity index is 1.12. The van der Waals surface area contributed by atoms with Crippen molar-refractivity contribution in [1.82, 2.24) is 9.55 Å². The molecule has 9 aromatic rings. The molecule has 5 heteroatoms. The lowest BCUT2D eigenvalue weighted by molar-refractivity contribution is 0.480. The summed E-state index contributed by atoms with van der Waals surface area (Å²) < 4.78 is 9.50. The third kappa shape index (κ3) is 8.36. The molecule has 69 heavy (non-hydrogen) atoms. The predicted octanol–water partition coefficient (Wildman–Crippen LogP) is 17.1. The average Bonchev–Trinajstić information content (AvgIpc) is 3.86. The van der Waals surface area contributed by atoms with Crippen LogP contribution in [-0.2, 0) is 21.7 Å². The van der Waals surface area contributed by atoms with Crippen LogP contribution in [0.15, 0.2) is 170 Å². The van der Waals surface area contributed by atoms with Gasteiger partial charge in [-0.15, -0.1) is 0 Å². The van der Waals surface area contributed by atoms with E-state index < -0.39 is 0 Å². The zero-order valence-corrected chi connectivity index (χ0v) is 42.6.